The molecule has 6 atom stereocenters. The number of rotatable bonds is 10. The van der Waals surface area contributed by atoms with Gasteiger partial charge in [-0.25, -0.2) is 8.96 Å². The summed E-state index contributed by atoms with van der Waals surface area (Å²) < 4.78 is 50.7. The van der Waals surface area contributed by atoms with E-state index in [1.54, 1.807) is 32.0 Å². The van der Waals surface area contributed by atoms with Crippen LogP contribution in [0.4, 0.5) is 4.39 Å². The Kier molecular flexibility index (Phi) is 8.47. The highest BCUT2D eigenvalue weighted by atomic mass is 31.2. The monoisotopic (exact) mass is 543 g/mol. The first-order valence-corrected chi connectivity index (χ1v) is 12.9. The summed E-state index contributed by atoms with van der Waals surface area (Å²) >= 11 is 0. The molecule has 1 saturated heterocycles. The minimum atomic E-state index is -4.50. The number of hydrogen-bond acceptors (Lipinski definition) is 10. The van der Waals surface area contributed by atoms with E-state index in [0.29, 0.717) is 0 Å². The van der Waals surface area contributed by atoms with Gasteiger partial charge in [-0.15, -0.1) is 0 Å². The first-order chi connectivity index (χ1) is 17.2. The van der Waals surface area contributed by atoms with E-state index in [0.717, 1.165) is 17.9 Å². The van der Waals surface area contributed by atoms with Crippen LogP contribution < -0.4 is 14.9 Å². The highest BCUT2D eigenvalue weighted by Gasteiger charge is 2.64. The molecule has 0 saturated carbocycles. The fourth-order valence-corrected chi connectivity index (χ4v) is 5.11. The number of alkyl halides is 1. The molecule has 1 fully saturated rings. The van der Waals surface area contributed by atoms with Crippen molar-refractivity contribution in [3.8, 4) is 5.75 Å². The number of amides is 1. The normalized spacial score (nSPS) is 30.1. The molecule has 1 amide bonds. The number of nitrogens with one attached hydrogen (secondary N) is 2. The Morgan fingerprint density at radius 3 is 2.59 bits per heavy atom. The van der Waals surface area contributed by atoms with Crippen LogP contribution in [0.2, 0.25) is 0 Å². The maximum absolute atomic E-state index is 15.9. The van der Waals surface area contributed by atoms with Crippen molar-refractivity contribution in [2.45, 2.75) is 63.6 Å². The minimum Gasteiger partial charge on any atom is -0.462 e. The van der Waals surface area contributed by atoms with Crippen LogP contribution in [0.3, 0.4) is 0 Å². The molecule has 0 radical (unpaired) electrons. The number of carbonyl (C=O) groups excluding carboxylic acids is 2. The summed E-state index contributed by atoms with van der Waals surface area (Å²) in [6.07, 6.45) is -1.91. The fourth-order valence-electron chi connectivity index (χ4n) is 3.61. The summed E-state index contributed by atoms with van der Waals surface area (Å²) in [5.41, 5.74) is -2.24. The lowest BCUT2D eigenvalue weighted by Gasteiger charge is -2.36. The molecule has 0 aliphatic carbocycles. The van der Waals surface area contributed by atoms with Gasteiger partial charge in [-0.05, 0) is 39.8 Å². The molecule has 37 heavy (non-hydrogen) atoms. The Hall–Kier alpha value is -2.80. The number of halogens is 1. The zero-order valence-electron chi connectivity index (χ0n) is 20.8. The largest absolute Gasteiger partial charge is 0.462 e. The Morgan fingerprint density at radius 2 is 2.00 bits per heavy atom. The van der Waals surface area contributed by atoms with Crippen LogP contribution in [-0.4, -0.2) is 69.5 Å². The van der Waals surface area contributed by atoms with Crippen LogP contribution in [0.1, 0.15) is 27.7 Å². The molecule has 1 unspecified atom stereocenters. The first kappa shape index (κ1) is 28.8. The molecule has 204 valence electrons. The van der Waals surface area contributed by atoms with Crippen molar-refractivity contribution >= 4 is 19.6 Å². The summed E-state index contributed by atoms with van der Waals surface area (Å²) in [6.45, 7) is 8.18. The van der Waals surface area contributed by atoms with Gasteiger partial charge >= 0.3 is 13.7 Å². The van der Waals surface area contributed by atoms with Gasteiger partial charge in [0.25, 0.3) is 11.8 Å². The molecule has 4 N–H and O–H groups in total. The molecule has 3 rings (SSSR count). The van der Waals surface area contributed by atoms with E-state index in [-0.39, 0.29) is 11.6 Å². The predicted octanol–water partition coefficient (Wildman–Crippen LogP) is 1.67. The van der Waals surface area contributed by atoms with Crippen LogP contribution >= 0.6 is 7.75 Å². The van der Waals surface area contributed by atoms with Crippen molar-refractivity contribution in [1.29, 1.82) is 0 Å². The first-order valence-electron chi connectivity index (χ1n) is 11.4. The van der Waals surface area contributed by atoms with Crippen molar-refractivity contribution < 1.29 is 47.3 Å². The Morgan fingerprint density at radius 1 is 1.35 bits per heavy atom. The van der Waals surface area contributed by atoms with Crippen LogP contribution in [-0.2, 0) is 28.2 Å². The van der Waals surface area contributed by atoms with Gasteiger partial charge in [0, 0.05) is 12.3 Å². The third-order valence-electron chi connectivity index (χ3n) is 5.45. The zero-order chi connectivity index (χ0) is 27.6. The average Bonchev–Trinajstić information content (AvgIpc) is 2.98. The van der Waals surface area contributed by atoms with Crippen molar-refractivity contribution in [2.24, 2.45) is 0 Å². The molecule has 14 heteroatoms. The second-order valence-electron chi connectivity index (χ2n) is 9.06. The van der Waals surface area contributed by atoms with Gasteiger partial charge in [-0.2, -0.15) is 5.09 Å². The van der Waals surface area contributed by atoms with E-state index in [1.165, 1.54) is 25.3 Å². The van der Waals surface area contributed by atoms with Gasteiger partial charge in [0.15, 0.2) is 6.23 Å². The quantitative estimate of drug-likeness (QED) is 0.252. The maximum atomic E-state index is 15.9. The van der Waals surface area contributed by atoms with Crippen molar-refractivity contribution in [3.63, 3.8) is 0 Å². The maximum Gasteiger partial charge on any atom is 0.459 e. The third-order valence-corrected chi connectivity index (χ3v) is 7.07. The van der Waals surface area contributed by atoms with E-state index in [1.807, 2.05) is 0 Å². The van der Waals surface area contributed by atoms with E-state index < -0.39 is 62.2 Å². The molecule has 0 spiro atoms. The zero-order valence-corrected chi connectivity index (χ0v) is 21.7. The number of nitrogens with zero attached hydrogens (tertiary/aromatic N) is 1. The number of carbonyl (C=O) groups is 2. The van der Waals surface area contributed by atoms with Crippen molar-refractivity contribution in [2.75, 3.05) is 6.61 Å². The van der Waals surface area contributed by atoms with E-state index >= 15 is 4.39 Å². The molecular weight excluding hydrogens is 512 g/mol. The van der Waals surface area contributed by atoms with Crippen LogP contribution in [0.15, 0.2) is 55.0 Å². The van der Waals surface area contributed by atoms with E-state index in [2.05, 4.69) is 17.0 Å². The van der Waals surface area contributed by atoms with Crippen LogP contribution in [0.5, 0.6) is 5.75 Å². The van der Waals surface area contributed by atoms with E-state index in [9.17, 15) is 24.4 Å². The van der Waals surface area contributed by atoms with Crippen molar-refractivity contribution in [3.05, 3.63) is 55.0 Å². The number of esters is 1. The Bertz CT molecular complexity index is 1100. The van der Waals surface area contributed by atoms with Crippen LogP contribution in [0.25, 0.3) is 0 Å². The smallest absolute Gasteiger partial charge is 0.459 e. The second kappa shape index (κ2) is 10.9. The average molecular weight is 543 g/mol. The predicted molar refractivity (Wildman–Crippen MR) is 128 cm³/mol. The SMILES string of the molecule is C=C1NC(=O)C=CN1[C@@H]1O[C@](F)(CO[P@@](=O)(NC(C)C(=O)OC(C)C)Oc2ccccc2)[C@@H](O)[C@@]1(C)O. The summed E-state index contributed by atoms with van der Waals surface area (Å²) in [7, 11) is -4.50. The Labute approximate surface area is 213 Å². The van der Waals surface area contributed by atoms with Gasteiger partial charge in [-0.3, -0.25) is 14.1 Å². The number of aliphatic hydroxyl groups excluding tert-OH is 1. The lowest BCUT2D eigenvalue weighted by atomic mass is 9.95. The molecule has 2 aliphatic heterocycles. The molecule has 12 nitrogen and oxygen atoms in total. The summed E-state index contributed by atoms with van der Waals surface area (Å²) in [5.74, 6) is -4.30. The standard InChI is InChI=1S/C23H31FN3O9P/c1-14(2)34-19(29)15(3)26-37(32,36-17-9-7-6-8-10-17)33-13-23(24)20(30)22(5,31)21(35-23)27-12-11-18(28)25-16(27)4/h6-12,14-15,20-21,30-31H,4,13H2,1-3,5H3,(H,25,28)(H,26,32)/t15?,20-,21+,22+,23+,37-/m0/s1. The summed E-state index contributed by atoms with van der Waals surface area (Å²) in [6, 6.07) is 6.60. The van der Waals surface area contributed by atoms with E-state index in [4.69, 9.17) is 18.5 Å². The Balaban J connectivity index is 1.82. The second-order valence-corrected chi connectivity index (χ2v) is 10.7. The molecule has 2 aliphatic rings. The van der Waals surface area contributed by atoms with Crippen molar-refractivity contribution in [1.82, 2.24) is 15.3 Å². The number of hydrogen-bond donors (Lipinski definition) is 4. The molecule has 2 heterocycles. The van der Waals surface area contributed by atoms with Gasteiger partial charge in [0.05, 0.1) is 6.10 Å². The molecule has 0 bridgehead atoms. The van der Waals surface area contributed by atoms with Gasteiger partial charge in [0.1, 0.15) is 35.9 Å². The highest BCUT2D eigenvalue weighted by Crippen LogP contribution is 2.49. The lowest BCUT2D eigenvalue weighted by Crippen LogP contribution is -2.54. The molecular formula is C23H31FN3O9P. The van der Waals surface area contributed by atoms with Gasteiger partial charge < -0.3 is 34.4 Å². The third kappa shape index (κ3) is 6.56. The molecule has 0 aromatic heterocycles. The lowest BCUT2D eigenvalue weighted by molar-refractivity contribution is -0.206. The number of para-hydroxylation sites is 1. The number of aliphatic hydroxyl groups is 2. The minimum absolute atomic E-state index is 0.0348. The topological polar surface area (TPSA) is 156 Å². The number of ether oxygens (including phenoxy) is 2. The number of benzene rings is 1. The summed E-state index contributed by atoms with van der Waals surface area (Å²) in [5, 5.41) is 26.3. The molecule has 1 aromatic rings. The highest BCUT2D eigenvalue weighted by molar-refractivity contribution is 7.52. The molecule has 1 aromatic carbocycles. The van der Waals surface area contributed by atoms with Gasteiger partial charge in [-0.1, -0.05) is 24.8 Å². The fraction of sp³-hybridized carbons (Fsp3) is 0.478. The van der Waals surface area contributed by atoms with Crippen LogP contribution in [0, 0.1) is 0 Å². The summed E-state index contributed by atoms with van der Waals surface area (Å²) in [4.78, 5) is 24.9. The van der Waals surface area contributed by atoms with Gasteiger partial charge in [0.2, 0.25) is 0 Å².